The van der Waals surface area contributed by atoms with Gasteiger partial charge in [-0.05, 0) is 41.3 Å². The molecule has 2 heterocycles. The van der Waals surface area contributed by atoms with Crippen LogP contribution in [0.1, 0.15) is 34.0 Å². The van der Waals surface area contributed by atoms with Crippen LogP contribution in [-0.4, -0.2) is 35.5 Å². The molecule has 0 radical (unpaired) electrons. The number of nitrogens with one attached hydrogen (secondary N) is 1. The molecule has 240 valence electrons. The summed E-state index contributed by atoms with van der Waals surface area (Å²) in [5.74, 6) is 0.301. The molecular formula is C39H38N2O6. The molecule has 0 unspecified atom stereocenters. The molecule has 1 N–H and O–H groups in total. The average molecular weight is 631 g/mol. The lowest BCUT2D eigenvalue weighted by Gasteiger charge is -2.37. The van der Waals surface area contributed by atoms with Crippen molar-refractivity contribution in [1.82, 2.24) is 9.55 Å². The third kappa shape index (κ3) is 6.49. The lowest BCUT2D eigenvalue weighted by atomic mass is 9.80. The maximum absolute atomic E-state index is 13.1. The summed E-state index contributed by atoms with van der Waals surface area (Å²) >= 11 is 0. The van der Waals surface area contributed by atoms with Crippen LogP contribution in [0.4, 0.5) is 0 Å². The molecule has 1 aromatic heterocycles. The standard InChI is InChI=1S/C39H38N2O6/c1-4-33-35(45-25-28-14-8-5-9-15-28)34(47-37(33)41-24-27(2)36(42)40-38(41)43)26-46-39(29-16-10-6-11-17-29,30-18-12-7-13-19-30)31-20-22-32(44-3)23-21-31/h4-24,33-35,37H,1,25-26H2,2-3H3,(H,40,42,43)/t33-,34-,35+,37-/m1/s1. The number of ether oxygens (including phenoxy) is 4. The number of hydrogen-bond donors (Lipinski definition) is 1. The zero-order valence-electron chi connectivity index (χ0n) is 26.5. The van der Waals surface area contributed by atoms with Crippen molar-refractivity contribution in [3.63, 3.8) is 0 Å². The predicted molar refractivity (Wildman–Crippen MR) is 180 cm³/mol. The number of H-pyrrole nitrogens is 1. The van der Waals surface area contributed by atoms with Gasteiger partial charge in [0.15, 0.2) is 0 Å². The molecule has 1 saturated heterocycles. The van der Waals surface area contributed by atoms with Gasteiger partial charge in [-0.1, -0.05) is 109 Å². The van der Waals surface area contributed by atoms with Gasteiger partial charge in [0.2, 0.25) is 0 Å². The fourth-order valence-corrected chi connectivity index (χ4v) is 6.28. The smallest absolute Gasteiger partial charge is 0.330 e. The number of benzene rings is 4. The van der Waals surface area contributed by atoms with Crippen LogP contribution in [0.25, 0.3) is 0 Å². The van der Waals surface area contributed by atoms with E-state index in [1.54, 1.807) is 20.1 Å². The van der Waals surface area contributed by atoms with Crippen LogP contribution < -0.4 is 16.0 Å². The number of nitrogens with zero attached hydrogens (tertiary/aromatic N) is 1. The van der Waals surface area contributed by atoms with Crippen molar-refractivity contribution in [2.75, 3.05) is 13.7 Å². The Bertz CT molecular complexity index is 1850. The molecular weight excluding hydrogens is 592 g/mol. The van der Waals surface area contributed by atoms with E-state index in [1.165, 1.54) is 10.8 Å². The predicted octanol–water partition coefficient (Wildman–Crippen LogP) is 6.15. The molecule has 0 aliphatic carbocycles. The van der Waals surface area contributed by atoms with E-state index >= 15 is 0 Å². The second-order valence-corrected chi connectivity index (χ2v) is 11.6. The molecule has 0 bridgehead atoms. The van der Waals surface area contributed by atoms with E-state index in [1.807, 2.05) is 115 Å². The number of hydrogen-bond acceptors (Lipinski definition) is 6. The van der Waals surface area contributed by atoms with E-state index in [-0.39, 0.29) is 6.61 Å². The van der Waals surface area contributed by atoms with Gasteiger partial charge >= 0.3 is 5.69 Å². The van der Waals surface area contributed by atoms with E-state index in [0.29, 0.717) is 12.2 Å². The van der Waals surface area contributed by atoms with Crippen molar-refractivity contribution >= 4 is 0 Å². The van der Waals surface area contributed by atoms with Gasteiger partial charge in [-0.3, -0.25) is 14.3 Å². The van der Waals surface area contributed by atoms with Crippen LogP contribution >= 0.6 is 0 Å². The highest BCUT2D eigenvalue weighted by atomic mass is 16.6. The normalized spacial score (nSPS) is 19.4. The summed E-state index contributed by atoms with van der Waals surface area (Å²) in [6.07, 6.45) is 1.34. The number of aromatic amines is 1. The Morgan fingerprint density at radius 1 is 0.851 bits per heavy atom. The van der Waals surface area contributed by atoms with Crippen molar-refractivity contribution in [2.45, 2.75) is 37.6 Å². The molecule has 1 fully saturated rings. The zero-order valence-corrected chi connectivity index (χ0v) is 26.5. The molecule has 5 aromatic rings. The van der Waals surface area contributed by atoms with Gasteiger partial charge in [0, 0.05) is 11.8 Å². The monoisotopic (exact) mass is 630 g/mol. The summed E-state index contributed by atoms with van der Waals surface area (Å²) in [5.41, 5.74) is 2.12. The highest BCUT2D eigenvalue weighted by molar-refractivity contribution is 5.48. The SMILES string of the molecule is C=C[C@@H]1[C@H](OCc2ccccc2)[C@@H](COC(c2ccccc2)(c2ccccc2)c2ccc(OC)cc2)O[C@H]1n1cc(C)c(=O)[nH]c1=O. The minimum absolute atomic E-state index is 0.104. The number of aromatic nitrogens is 2. The van der Waals surface area contributed by atoms with Crippen molar-refractivity contribution in [3.05, 3.63) is 183 Å². The summed E-state index contributed by atoms with van der Waals surface area (Å²) < 4.78 is 27.3. The van der Waals surface area contributed by atoms with Crippen LogP contribution in [0.15, 0.2) is 144 Å². The lowest BCUT2D eigenvalue weighted by Crippen LogP contribution is -2.39. The highest BCUT2D eigenvalue weighted by Gasteiger charge is 2.47. The van der Waals surface area contributed by atoms with Gasteiger partial charge in [0.25, 0.3) is 5.56 Å². The Kier molecular flexibility index (Phi) is 9.63. The molecule has 4 atom stereocenters. The van der Waals surface area contributed by atoms with Gasteiger partial charge in [0.05, 0.1) is 32.3 Å². The van der Waals surface area contributed by atoms with Gasteiger partial charge in [-0.15, -0.1) is 6.58 Å². The summed E-state index contributed by atoms with van der Waals surface area (Å²) in [6, 6.07) is 37.9. The van der Waals surface area contributed by atoms with Gasteiger partial charge in [-0.2, -0.15) is 0 Å². The van der Waals surface area contributed by atoms with E-state index in [9.17, 15) is 9.59 Å². The van der Waals surface area contributed by atoms with Crippen LogP contribution in [0, 0.1) is 12.8 Å². The topological polar surface area (TPSA) is 91.8 Å². The lowest BCUT2D eigenvalue weighted by molar-refractivity contribution is -0.106. The third-order valence-electron chi connectivity index (χ3n) is 8.69. The van der Waals surface area contributed by atoms with Crippen molar-refractivity contribution in [3.8, 4) is 5.75 Å². The van der Waals surface area contributed by atoms with E-state index < -0.39 is 41.2 Å². The summed E-state index contributed by atoms with van der Waals surface area (Å²) in [4.78, 5) is 27.7. The summed E-state index contributed by atoms with van der Waals surface area (Å²) in [6.45, 7) is 6.17. The van der Waals surface area contributed by atoms with Crippen molar-refractivity contribution in [1.29, 1.82) is 0 Å². The molecule has 0 spiro atoms. The summed E-state index contributed by atoms with van der Waals surface area (Å²) in [5, 5.41) is 0. The first kappa shape index (κ1) is 31.9. The van der Waals surface area contributed by atoms with Gasteiger partial charge < -0.3 is 18.9 Å². The highest BCUT2D eigenvalue weighted by Crippen LogP contribution is 2.43. The molecule has 47 heavy (non-hydrogen) atoms. The second-order valence-electron chi connectivity index (χ2n) is 11.6. The number of methoxy groups -OCH3 is 1. The average Bonchev–Trinajstić information content (AvgIpc) is 3.47. The van der Waals surface area contributed by atoms with Crippen molar-refractivity contribution < 1.29 is 18.9 Å². The molecule has 8 nitrogen and oxygen atoms in total. The largest absolute Gasteiger partial charge is 0.497 e. The van der Waals surface area contributed by atoms with Crippen LogP contribution in [0.3, 0.4) is 0 Å². The van der Waals surface area contributed by atoms with Crippen LogP contribution in [0.2, 0.25) is 0 Å². The fourth-order valence-electron chi connectivity index (χ4n) is 6.28. The quantitative estimate of drug-likeness (QED) is 0.131. The van der Waals surface area contributed by atoms with E-state index in [4.69, 9.17) is 18.9 Å². The Morgan fingerprint density at radius 2 is 1.43 bits per heavy atom. The zero-order chi connectivity index (χ0) is 32.8. The first-order valence-corrected chi connectivity index (χ1v) is 15.6. The molecule has 1 aliphatic rings. The maximum Gasteiger partial charge on any atom is 0.330 e. The van der Waals surface area contributed by atoms with Gasteiger partial charge in [0.1, 0.15) is 23.7 Å². The number of aryl methyl sites for hydroxylation is 1. The van der Waals surface area contributed by atoms with E-state index in [2.05, 4.69) is 11.6 Å². The molecule has 0 saturated carbocycles. The minimum Gasteiger partial charge on any atom is -0.497 e. The number of rotatable bonds is 12. The maximum atomic E-state index is 13.1. The van der Waals surface area contributed by atoms with Crippen LogP contribution in [-0.2, 0) is 26.4 Å². The first-order chi connectivity index (χ1) is 22.9. The minimum atomic E-state index is -1.03. The molecule has 1 aliphatic heterocycles. The fraction of sp³-hybridized carbons (Fsp3) is 0.231. The summed E-state index contributed by atoms with van der Waals surface area (Å²) in [7, 11) is 1.64. The Balaban J connectivity index is 1.43. The van der Waals surface area contributed by atoms with E-state index in [0.717, 1.165) is 28.0 Å². The van der Waals surface area contributed by atoms with Crippen LogP contribution in [0.5, 0.6) is 5.75 Å². The Morgan fingerprint density at radius 3 is 2.00 bits per heavy atom. The van der Waals surface area contributed by atoms with Gasteiger partial charge in [-0.25, -0.2) is 4.79 Å². The third-order valence-corrected chi connectivity index (χ3v) is 8.69. The molecule has 0 amide bonds. The molecule has 4 aromatic carbocycles. The molecule has 8 heteroatoms. The Hall–Kier alpha value is -5.02. The second kappa shape index (κ2) is 14.2. The molecule has 6 rings (SSSR count). The Labute approximate surface area is 273 Å². The van der Waals surface area contributed by atoms with Crippen molar-refractivity contribution in [2.24, 2.45) is 5.92 Å². The first-order valence-electron chi connectivity index (χ1n) is 15.6.